The van der Waals surface area contributed by atoms with Crippen LogP contribution >= 0.6 is 11.3 Å². The summed E-state index contributed by atoms with van der Waals surface area (Å²) in [7, 11) is 0. The van der Waals surface area contributed by atoms with E-state index in [0.717, 1.165) is 40.1 Å². The summed E-state index contributed by atoms with van der Waals surface area (Å²) in [6, 6.07) is 8.77. The van der Waals surface area contributed by atoms with Gasteiger partial charge in [-0.2, -0.15) is 0 Å². The molecular formula is C24H21N3O3S2. The van der Waals surface area contributed by atoms with Gasteiger partial charge in [-0.1, -0.05) is 18.1 Å². The molecule has 162 valence electrons. The van der Waals surface area contributed by atoms with Gasteiger partial charge >= 0.3 is 0 Å². The summed E-state index contributed by atoms with van der Waals surface area (Å²) in [6.45, 7) is 1.80. The highest BCUT2D eigenvalue weighted by Gasteiger charge is 2.23. The fourth-order valence-electron chi connectivity index (χ4n) is 3.69. The molecule has 0 bridgehead atoms. The Hall–Kier alpha value is -3.09. The van der Waals surface area contributed by atoms with Crippen molar-refractivity contribution in [3.05, 3.63) is 69.6 Å². The number of rotatable bonds is 6. The zero-order valence-corrected chi connectivity index (χ0v) is 19.0. The van der Waals surface area contributed by atoms with Gasteiger partial charge in [0.25, 0.3) is 0 Å². The maximum atomic E-state index is 11.3. The molecule has 0 aliphatic heterocycles. The first-order valence-corrected chi connectivity index (χ1v) is 11.9. The number of aliphatic hydroxyl groups excluding tert-OH is 1. The molecular weight excluding hydrogens is 442 g/mol. The van der Waals surface area contributed by atoms with Crippen LogP contribution in [0.2, 0.25) is 0 Å². The highest BCUT2D eigenvalue weighted by molar-refractivity contribution is 7.79. The number of aliphatic hydroxyl groups is 1. The van der Waals surface area contributed by atoms with Crippen LogP contribution in [-0.2, 0) is 23.9 Å². The molecule has 0 saturated carbocycles. The molecule has 1 unspecified atom stereocenters. The zero-order valence-electron chi connectivity index (χ0n) is 17.3. The first-order valence-electron chi connectivity index (χ1n) is 9.94. The van der Waals surface area contributed by atoms with E-state index < -0.39 is 11.1 Å². The normalized spacial score (nSPS) is 14.3. The van der Waals surface area contributed by atoms with Crippen LogP contribution in [-0.4, -0.2) is 30.4 Å². The average molecular weight is 464 g/mol. The van der Waals surface area contributed by atoms with E-state index in [0.29, 0.717) is 22.1 Å². The molecule has 1 aliphatic rings. The van der Waals surface area contributed by atoms with Crippen molar-refractivity contribution < 1.29 is 13.9 Å². The second-order valence-corrected chi connectivity index (χ2v) is 9.22. The lowest BCUT2D eigenvalue weighted by Gasteiger charge is -2.16. The molecule has 8 heteroatoms. The molecule has 0 saturated heterocycles. The molecule has 4 rings (SSSR count). The number of terminal acetylenes is 1. The van der Waals surface area contributed by atoms with Crippen molar-refractivity contribution in [2.45, 2.75) is 24.7 Å². The van der Waals surface area contributed by atoms with E-state index in [1.165, 1.54) is 4.88 Å². The van der Waals surface area contributed by atoms with Gasteiger partial charge in [0.2, 0.25) is 5.95 Å². The van der Waals surface area contributed by atoms with Crippen LogP contribution in [0.25, 0.3) is 16.8 Å². The quantitative estimate of drug-likeness (QED) is 0.281. The lowest BCUT2D eigenvalue weighted by molar-refractivity contribution is 0.336. The summed E-state index contributed by atoms with van der Waals surface area (Å²) >= 11 is -0.373. The van der Waals surface area contributed by atoms with Gasteiger partial charge in [0.15, 0.2) is 11.1 Å². The van der Waals surface area contributed by atoms with Crippen molar-refractivity contribution in [3.8, 4) is 23.6 Å². The third kappa shape index (κ3) is 4.42. The van der Waals surface area contributed by atoms with Gasteiger partial charge in [-0.15, -0.1) is 17.8 Å². The van der Waals surface area contributed by atoms with Gasteiger partial charge in [-0.25, -0.2) is 14.2 Å². The average Bonchev–Trinajstić information content (AvgIpc) is 3.23. The number of hydrogen-bond acceptors (Lipinski definition) is 6. The third-order valence-electron chi connectivity index (χ3n) is 5.17. The van der Waals surface area contributed by atoms with Gasteiger partial charge in [0.1, 0.15) is 0 Å². The van der Waals surface area contributed by atoms with Crippen molar-refractivity contribution in [2.24, 2.45) is 0 Å². The number of aryl methyl sites for hydroxylation is 2. The Bertz CT molecular complexity index is 1300. The van der Waals surface area contributed by atoms with Crippen LogP contribution < -0.4 is 5.32 Å². The summed E-state index contributed by atoms with van der Waals surface area (Å²) in [5, 5.41) is 12.9. The van der Waals surface area contributed by atoms with Gasteiger partial charge < -0.3 is 15.0 Å². The van der Waals surface area contributed by atoms with Crippen LogP contribution in [0.1, 0.15) is 22.2 Å². The summed E-state index contributed by atoms with van der Waals surface area (Å²) in [5.74, 6) is 2.92. The Kier molecular flexibility index (Phi) is 6.63. The standard InChI is InChI=1S/C24H21N3O3S2/c1-3-6-16(14-28)19(4-2)22-12-20-21(31-22)10-9-15-13-25-24(27-23(15)20)26-17-7-5-8-18(11-17)32(29)30/h1,4-8,11-13,28H,9-10,14H2,2H3,(H,29,30)(H,25,26,27)/b16-6-,19-4+. The number of nitrogens with one attached hydrogen (secondary N) is 1. The fourth-order valence-corrected chi connectivity index (χ4v) is 5.38. The van der Waals surface area contributed by atoms with E-state index in [9.17, 15) is 13.9 Å². The zero-order chi connectivity index (χ0) is 22.7. The van der Waals surface area contributed by atoms with E-state index >= 15 is 0 Å². The Morgan fingerprint density at radius 3 is 2.94 bits per heavy atom. The minimum atomic E-state index is -2.06. The molecule has 0 spiro atoms. The van der Waals surface area contributed by atoms with Gasteiger partial charge in [-0.3, -0.25) is 0 Å². The van der Waals surface area contributed by atoms with Crippen molar-refractivity contribution in [1.82, 2.24) is 9.97 Å². The molecule has 3 aromatic rings. The van der Waals surface area contributed by atoms with Crippen LogP contribution in [0.5, 0.6) is 0 Å². The second kappa shape index (κ2) is 9.59. The maximum Gasteiger partial charge on any atom is 0.227 e. The summed E-state index contributed by atoms with van der Waals surface area (Å²) in [6.07, 6.45) is 12.6. The van der Waals surface area contributed by atoms with Crippen LogP contribution in [0, 0.1) is 12.3 Å². The predicted octanol–water partition coefficient (Wildman–Crippen LogP) is 4.58. The molecule has 32 heavy (non-hydrogen) atoms. The fraction of sp³-hybridized carbons (Fsp3) is 0.167. The van der Waals surface area contributed by atoms with Crippen LogP contribution in [0.4, 0.5) is 11.6 Å². The van der Waals surface area contributed by atoms with Crippen molar-refractivity contribution in [1.29, 1.82) is 0 Å². The third-order valence-corrected chi connectivity index (χ3v) is 7.06. The van der Waals surface area contributed by atoms with Gasteiger partial charge in [-0.05, 0) is 66.8 Å². The van der Waals surface area contributed by atoms with Gasteiger partial charge in [0, 0.05) is 27.2 Å². The van der Waals surface area contributed by atoms with E-state index in [1.54, 1.807) is 41.7 Å². The minimum absolute atomic E-state index is 0.128. The molecule has 0 radical (unpaired) electrons. The Morgan fingerprint density at radius 1 is 1.38 bits per heavy atom. The van der Waals surface area contributed by atoms with E-state index in [-0.39, 0.29) is 6.61 Å². The van der Waals surface area contributed by atoms with Crippen molar-refractivity contribution in [2.75, 3.05) is 11.9 Å². The maximum absolute atomic E-state index is 11.3. The minimum Gasteiger partial charge on any atom is -0.392 e. The summed E-state index contributed by atoms with van der Waals surface area (Å²) < 4.78 is 20.7. The molecule has 2 aromatic heterocycles. The molecule has 3 N–H and O–H groups in total. The van der Waals surface area contributed by atoms with E-state index in [1.807, 2.05) is 19.2 Å². The summed E-state index contributed by atoms with van der Waals surface area (Å²) in [5.41, 5.74) is 5.26. The highest BCUT2D eigenvalue weighted by atomic mass is 32.2. The predicted molar refractivity (Wildman–Crippen MR) is 129 cm³/mol. The lowest BCUT2D eigenvalue weighted by atomic mass is 9.95. The largest absolute Gasteiger partial charge is 0.392 e. The number of hydrogen-bond donors (Lipinski definition) is 3. The van der Waals surface area contributed by atoms with Crippen molar-refractivity contribution >= 4 is 39.6 Å². The Balaban J connectivity index is 1.70. The molecule has 1 aliphatic carbocycles. The first kappa shape index (κ1) is 22.1. The van der Waals surface area contributed by atoms with E-state index in [2.05, 4.69) is 22.3 Å². The van der Waals surface area contributed by atoms with Gasteiger partial charge in [0.05, 0.1) is 17.2 Å². The molecule has 1 atom stereocenters. The monoisotopic (exact) mass is 463 g/mol. The Morgan fingerprint density at radius 2 is 2.22 bits per heavy atom. The van der Waals surface area contributed by atoms with Crippen LogP contribution in [0.15, 0.2) is 59.1 Å². The number of allylic oxidation sites excluding steroid dienone is 2. The molecule has 6 nitrogen and oxygen atoms in total. The first-order chi connectivity index (χ1) is 15.5. The number of fused-ring (bicyclic) bond motifs is 3. The Labute approximate surface area is 193 Å². The number of benzene rings is 1. The number of anilines is 2. The number of nitrogens with zero attached hydrogens (tertiary/aromatic N) is 2. The number of aromatic nitrogens is 2. The molecule has 0 fully saturated rings. The SMILES string of the molecule is C#C/C=C(CO)\C(=C/C)c1cc2c(s1)CCc1cnc(Nc3cccc(S(=O)O)c3)nc1-2. The smallest absolute Gasteiger partial charge is 0.227 e. The number of thiophene rings is 1. The molecule has 2 heterocycles. The lowest BCUT2D eigenvalue weighted by Crippen LogP contribution is -2.07. The summed E-state index contributed by atoms with van der Waals surface area (Å²) in [4.78, 5) is 11.7. The van der Waals surface area contributed by atoms with Crippen LogP contribution in [0.3, 0.4) is 0 Å². The van der Waals surface area contributed by atoms with E-state index in [4.69, 9.17) is 11.4 Å². The highest BCUT2D eigenvalue weighted by Crippen LogP contribution is 2.41. The molecule has 1 aromatic carbocycles. The molecule has 0 amide bonds. The van der Waals surface area contributed by atoms with Crippen molar-refractivity contribution in [3.63, 3.8) is 0 Å². The second-order valence-electron chi connectivity index (χ2n) is 7.11. The topological polar surface area (TPSA) is 95.3 Å².